The van der Waals surface area contributed by atoms with Crippen molar-refractivity contribution in [1.29, 1.82) is 5.41 Å². The zero-order valence-corrected chi connectivity index (χ0v) is 11.1. The predicted octanol–water partition coefficient (Wildman–Crippen LogP) is 2.86. The molecule has 0 aromatic heterocycles. The van der Waals surface area contributed by atoms with Gasteiger partial charge in [0.1, 0.15) is 11.6 Å². The van der Waals surface area contributed by atoms with Gasteiger partial charge in [-0.3, -0.25) is 5.41 Å². The Kier molecular flexibility index (Phi) is 4.35. The largest absolute Gasteiger partial charge is 0.366 e. The van der Waals surface area contributed by atoms with Crippen LogP contribution < -0.4 is 4.90 Å². The van der Waals surface area contributed by atoms with Crippen LogP contribution in [0.4, 0.5) is 14.5 Å². The van der Waals surface area contributed by atoms with Gasteiger partial charge in [-0.15, -0.1) is 0 Å². The SMILES string of the molecule is CCCC(=N)N1CCN(c2ccc(F)cc2F)CC1. The van der Waals surface area contributed by atoms with Gasteiger partial charge in [-0.25, -0.2) is 8.78 Å². The van der Waals surface area contributed by atoms with Gasteiger partial charge >= 0.3 is 0 Å². The van der Waals surface area contributed by atoms with Gasteiger partial charge in [0.15, 0.2) is 0 Å². The lowest BCUT2D eigenvalue weighted by molar-refractivity contribution is 0.374. The number of amidine groups is 1. The number of benzene rings is 1. The monoisotopic (exact) mass is 267 g/mol. The molecule has 104 valence electrons. The van der Waals surface area contributed by atoms with E-state index in [2.05, 4.69) is 6.92 Å². The average molecular weight is 267 g/mol. The number of nitrogens with one attached hydrogen (secondary N) is 1. The first-order valence-corrected chi connectivity index (χ1v) is 6.64. The van der Waals surface area contributed by atoms with Crippen molar-refractivity contribution < 1.29 is 8.78 Å². The van der Waals surface area contributed by atoms with Crippen LogP contribution in [-0.2, 0) is 0 Å². The number of rotatable bonds is 3. The average Bonchev–Trinajstić information content (AvgIpc) is 2.39. The summed E-state index contributed by atoms with van der Waals surface area (Å²) in [5.41, 5.74) is 0.447. The molecule has 5 heteroatoms. The first-order valence-electron chi connectivity index (χ1n) is 6.64. The molecule has 0 unspecified atom stereocenters. The van der Waals surface area contributed by atoms with Gasteiger partial charge in [0, 0.05) is 38.7 Å². The van der Waals surface area contributed by atoms with Crippen molar-refractivity contribution in [3.8, 4) is 0 Å². The maximum absolute atomic E-state index is 13.7. The smallest absolute Gasteiger partial charge is 0.149 e. The van der Waals surface area contributed by atoms with E-state index >= 15 is 0 Å². The van der Waals surface area contributed by atoms with Crippen molar-refractivity contribution in [2.75, 3.05) is 31.1 Å². The van der Waals surface area contributed by atoms with Crippen molar-refractivity contribution in [2.45, 2.75) is 19.8 Å². The summed E-state index contributed by atoms with van der Waals surface area (Å²) < 4.78 is 26.5. The van der Waals surface area contributed by atoms with Crippen molar-refractivity contribution in [3.05, 3.63) is 29.8 Å². The summed E-state index contributed by atoms with van der Waals surface area (Å²) >= 11 is 0. The summed E-state index contributed by atoms with van der Waals surface area (Å²) in [7, 11) is 0. The molecule has 1 fully saturated rings. The van der Waals surface area contributed by atoms with Crippen LogP contribution in [0.1, 0.15) is 19.8 Å². The molecule has 1 aromatic carbocycles. The van der Waals surface area contributed by atoms with Gasteiger partial charge in [0.2, 0.25) is 0 Å². The number of anilines is 1. The molecule has 0 aliphatic carbocycles. The standard InChI is InChI=1S/C14H19F2N3/c1-2-3-14(17)19-8-6-18(7-9-19)13-5-4-11(15)10-12(13)16/h4-5,10,17H,2-3,6-9H2,1H3. The molecular formula is C14H19F2N3. The maximum atomic E-state index is 13.7. The third-order valence-electron chi connectivity index (χ3n) is 3.40. The second kappa shape index (κ2) is 5.99. The van der Waals surface area contributed by atoms with E-state index in [0.29, 0.717) is 24.6 Å². The first-order chi connectivity index (χ1) is 9.11. The second-order valence-electron chi connectivity index (χ2n) is 4.77. The topological polar surface area (TPSA) is 30.3 Å². The summed E-state index contributed by atoms with van der Waals surface area (Å²) in [6.07, 6.45) is 1.75. The summed E-state index contributed by atoms with van der Waals surface area (Å²) in [4.78, 5) is 3.94. The van der Waals surface area contributed by atoms with Crippen LogP contribution >= 0.6 is 0 Å². The molecule has 1 aliphatic heterocycles. The fourth-order valence-electron chi connectivity index (χ4n) is 2.35. The first kappa shape index (κ1) is 13.8. The van der Waals surface area contributed by atoms with Crippen LogP contribution in [-0.4, -0.2) is 36.9 Å². The van der Waals surface area contributed by atoms with E-state index in [1.807, 2.05) is 9.80 Å². The Balaban J connectivity index is 1.98. The number of hydrogen-bond acceptors (Lipinski definition) is 2. The zero-order valence-electron chi connectivity index (χ0n) is 11.1. The predicted molar refractivity (Wildman–Crippen MR) is 72.8 cm³/mol. The highest BCUT2D eigenvalue weighted by molar-refractivity contribution is 5.79. The minimum atomic E-state index is -0.551. The normalized spacial score (nSPS) is 15.7. The highest BCUT2D eigenvalue weighted by atomic mass is 19.1. The van der Waals surface area contributed by atoms with Crippen LogP contribution in [0.25, 0.3) is 0 Å². The lowest BCUT2D eigenvalue weighted by Gasteiger charge is -2.37. The van der Waals surface area contributed by atoms with E-state index in [1.165, 1.54) is 12.1 Å². The molecule has 2 rings (SSSR count). The Bertz CT molecular complexity index is 454. The van der Waals surface area contributed by atoms with Gasteiger partial charge in [-0.05, 0) is 18.6 Å². The molecule has 1 aromatic rings. The van der Waals surface area contributed by atoms with E-state index in [4.69, 9.17) is 5.41 Å². The Morgan fingerprint density at radius 2 is 1.89 bits per heavy atom. The molecular weight excluding hydrogens is 248 g/mol. The second-order valence-corrected chi connectivity index (χ2v) is 4.77. The molecule has 1 N–H and O–H groups in total. The molecule has 19 heavy (non-hydrogen) atoms. The van der Waals surface area contributed by atoms with Gasteiger partial charge in [-0.1, -0.05) is 6.92 Å². The summed E-state index contributed by atoms with van der Waals surface area (Å²) in [6, 6.07) is 3.68. The molecule has 0 radical (unpaired) electrons. The molecule has 3 nitrogen and oxygen atoms in total. The number of hydrogen-bond donors (Lipinski definition) is 1. The van der Waals surface area contributed by atoms with Crippen LogP contribution in [0.2, 0.25) is 0 Å². The molecule has 1 aliphatic rings. The molecule has 0 bridgehead atoms. The molecule has 0 saturated carbocycles. The fraction of sp³-hybridized carbons (Fsp3) is 0.500. The van der Waals surface area contributed by atoms with E-state index in [9.17, 15) is 8.78 Å². The van der Waals surface area contributed by atoms with Gasteiger partial charge in [0.05, 0.1) is 11.5 Å². The van der Waals surface area contributed by atoms with Crippen LogP contribution in [0.5, 0.6) is 0 Å². The Morgan fingerprint density at radius 1 is 1.21 bits per heavy atom. The van der Waals surface area contributed by atoms with E-state index in [-0.39, 0.29) is 0 Å². The molecule has 1 heterocycles. The summed E-state index contributed by atoms with van der Waals surface area (Å²) in [5, 5.41) is 7.91. The third-order valence-corrected chi connectivity index (χ3v) is 3.40. The maximum Gasteiger partial charge on any atom is 0.149 e. The molecule has 0 spiro atoms. The number of nitrogens with zero attached hydrogens (tertiary/aromatic N) is 2. The molecule has 0 amide bonds. The Morgan fingerprint density at radius 3 is 2.47 bits per heavy atom. The number of halogens is 2. The van der Waals surface area contributed by atoms with Crippen LogP contribution in [0.15, 0.2) is 18.2 Å². The highest BCUT2D eigenvalue weighted by Gasteiger charge is 2.20. The van der Waals surface area contributed by atoms with Gasteiger partial charge in [0.25, 0.3) is 0 Å². The van der Waals surface area contributed by atoms with Crippen LogP contribution in [0.3, 0.4) is 0 Å². The lowest BCUT2D eigenvalue weighted by Crippen LogP contribution is -2.48. The van der Waals surface area contributed by atoms with Gasteiger partial charge < -0.3 is 9.80 Å². The molecule has 0 atom stereocenters. The highest BCUT2D eigenvalue weighted by Crippen LogP contribution is 2.21. The summed E-state index contributed by atoms with van der Waals surface area (Å²) in [5.74, 6) is -0.413. The third kappa shape index (κ3) is 3.22. The number of piperazine rings is 1. The van der Waals surface area contributed by atoms with Crippen molar-refractivity contribution in [3.63, 3.8) is 0 Å². The zero-order chi connectivity index (χ0) is 13.8. The minimum absolute atomic E-state index is 0.447. The van der Waals surface area contributed by atoms with E-state index in [0.717, 1.165) is 32.0 Å². The van der Waals surface area contributed by atoms with E-state index < -0.39 is 11.6 Å². The minimum Gasteiger partial charge on any atom is -0.366 e. The van der Waals surface area contributed by atoms with Gasteiger partial charge in [-0.2, -0.15) is 0 Å². The van der Waals surface area contributed by atoms with Crippen molar-refractivity contribution in [2.24, 2.45) is 0 Å². The Labute approximate surface area is 112 Å². The van der Waals surface area contributed by atoms with Crippen molar-refractivity contribution >= 4 is 11.5 Å². The lowest BCUT2D eigenvalue weighted by atomic mass is 10.2. The van der Waals surface area contributed by atoms with Crippen LogP contribution in [0, 0.1) is 17.0 Å². The quantitative estimate of drug-likeness (QED) is 0.674. The van der Waals surface area contributed by atoms with Crippen molar-refractivity contribution in [1.82, 2.24) is 4.90 Å². The van der Waals surface area contributed by atoms with E-state index in [1.54, 1.807) is 0 Å². The summed E-state index contributed by atoms with van der Waals surface area (Å²) in [6.45, 7) is 4.81. The fourth-order valence-corrected chi connectivity index (χ4v) is 2.35. The molecule has 1 saturated heterocycles. The Hall–Kier alpha value is -1.65.